The molecule has 0 spiro atoms. The van der Waals surface area contributed by atoms with Crippen LogP contribution in [-0.4, -0.2) is 72.1 Å². The average molecular weight is 355 g/mol. The van der Waals surface area contributed by atoms with E-state index in [1.165, 1.54) is 9.80 Å². The van der Waals surface area contributed by atoms with Gasteiger partial charge in [0.1, 0.15) is 4.92 Å². The van der Waals surface area contributed by atoms with Gasteiger partial charge in [0.05, 0.1) is 12.7 Å². The van der Waals surface area contributed by atoms with Gasteiger partial charge in [0.25, 0.3) is 5.91 Å². The van der Waals surface area contributed by atoms with Gasteiger partial charge in [-0.05, 0) is 13.0 Å². The second-order valence-corrected chi connectivity index (χ2v) is 5.04. The van der Waals surface area contributed by atoms with Crippen molar-refractivity contribution < 1.29 is 33.2 Å². The van der Waals surface area contributed by atoms with Gasteiger partial charge in [-0.2, -0.15) is 0 Å². The maximum atomic E-state index is 12.0. The van der Waals surface area contributed by atoms with Gasteiger partial charge in [-0.1, -0.05) is 0 Å². The van der Waals surface area contributed by atoms with Crippen molar-refractivity contribution in [3.05, 3.63) is 28.0 Å². The fraction of sp³-hybridized carbons (Fsp3) is 0.500. The lowest BCUT2D eigenvalue weighted by Crippen LogP contribution is -2.51. The lowest BCUT2D eigenvalue weighted by Gasteiger charge is -2.33. The molecule has 0 bridgehead atoms. The highest BCUT2D eigenvalue weighted by molar-refractivity contribution is 5.89. The topological polar surface area (TPSA) is 132 Å². The van der Waals surface area contributed by atoms with Gasteiger partial charge < -0.3 is 23.7 Å². The van der Waals surface area contributed by atoms with Gasteiger partial charge in [0.2, 0.25) is 5.76 Å². The van der Waals surface area contributed by atoms with Crippen molar-refractivity contribution in [1.82, 2.24) is 9.80 Å². The largest absolute Gasteiger partial charge is 0.450 e. The molecule has 1 aromatic rings. The Balaban J connectivity index is 1.78. The molecule has 0 aliphatic carbocycles. The number of ether oxygens (including phenoxy) is 2. The van der Waals surface area contributed by atoms with Gasteiger partial charge in [0.15, 0.2) is 6.61 Å². The Morgan fingerprint density at radius 2 is 1.80 bits per heavy atom. The Morgan fingerprint density at radius 3 is 2.36 bits per heavy atom. The van der Waals surface area contributed by atoms with Crippen molar-refractivity contribution in [1.29, 1.82) is 0 Å². The van der Waals surface area contributed by atoms with E-state index in [1.807, 2.05) is 0 Å². The molecule has 11 nitrogen and oxygen atoms in total. The number of nitrogens with zero attached hydrogens (tertiary/aromatic N) is 3. The summed E-state index contributed by atoms with van der Waals surface area (Å²) in [4.78, 5) is 47.9. The van der Waals surface area contributed by atoms with Crippen LogP contribution in [-0.2, 0) is 14.3 Å². The standard InChI is InChI=1S/C14H17N3O8/c1-2-23-14(20)16-7-5-15(6-8-16)11(18)9-24-13(19)10-3-4-12(25-10)17(21)22/h3-4H,2,5-9H2,1H3. The van der Waals surface area contributed by atoms with E-state index in [2.05, 4.69) is 0 Å². The molecule has 0 N–H and O–H groups in total. The predicted octanol–water partition coefficient (Wildman–Crippen LogP) is 0.645. The molecule has 2 rings (SSSR count). The summed E-state index contributed by atoms with van der Waals surface area (Å²) in [5, 5.41) is 10.5. The van der Waals surface area contributed by atoms with Gasteiger partial charge in [-0.25, -0.2) is 9.59 Å². The zero-order valence-corrected chi connectivity index (χ0v) is 13.5. The first-order chi connectivity index (χ1) is 11.9. The molecule has 1 aromatic heterocycles. The maximum absolute atomic E-state index is 12.0. The highest BCUT2D eigenvalue weighted by Crippen LogP contribution is 2.16. The average Bonchev–Trinajstić information content (AvgIpc) is 3.10. The molecular weight excluding hydrogens is 338 g/mol. The summed E-state index contributed by atoms with van der Waals surface area (Å²) in [6, 6.07) is 2.12. The minimum atomic E-state index is -0.966. The summed E-state index contributed by atoms with van der Waals surface area (Å²) in [5.41, 5.74) is 0. The smallest absolute Gasteiger partial charge is 0.433 e. The molecule has 1 saturated heterocycles. The minimum absolute atomic E-state index is 0.277. The van der Waals surface area contributed by atoms with Crippen LogP contribution >= 0.6 is 0 Å². The zero-order valence-electron chi connectivity index (χ0n) is 13.5. The van der Waals surface area contributed by atoms with Crippen molar-refractivity contribution in [3.8, 4) is 0 Å². The number of esters is 1. The molecule has 11 heteroatoms. The monoisotopic (exact) mass is 355 g/mol. The molecule has 1 fully saturated rings. The van der Waals surface area contributed by atoms with Crippen molar-refractivity contribution in [3.63, 3.8) is 0 Å². The number of nitro groups is 1. The fourth-order valence-electron chi connectivity index (χ4n) is 2.18. The van der Waals surface area contributed by atoms with Crippen molar-refractivity contribution in [2.24, 2.45) is 0 Å². The van der Waals surface area contributed by atoms with Crippen LogP contribution in [0.5, 0.6) is 0 Å². The van der Waals surface area contributed by atoms with Gasteiger partial charge in [-0.15, -0.1) is 0 Å². The first-order valence-electron chi connectivity index (χ1n) is 7.53. The summed E-state index contributed by atoms with van der Waals surface area (Å²) in [6.07, 6.45) is -0.430. The predicted molar refractivity (Wildman–Crippen MR) is 80.8 cm³/mol. The van der Waals surface area contributed by atoms with Gasteiger partial charge in [-0.3, -0.25) is 14.9 Å². The highest BCUT2D eigenvalue weighted by Gasteiger charge is 2.26. The molecule has 0 aromatic carbocycles. The van der Waals surface area contributed by atoms with Crippen molar-refractivity contribution >= 4 is 23.9 Å². The Kier molecular flexibility index (Phi) is 5.93. The third-order valence-electron chi connectivity index (χ3n) is 3.46. The van der Waals surface area contributed by atoms with E-state index in [0.717, 1.165) is 12.1 Å². The van der Waals surface area contributed by atoms with E-state index in [4.69, 9.17) is 13.9 Å². The Bertz CT molecular complexity index is 663. The molecule has 0 saturated carbocycles. The van der Waals surface area contributed by atoms with E-state index in [9.17, 15) is 24.5 Å². The SMILES string of the molecule is CCOC(=O)N1CCN(C(=O)COC(=O)c2ccc([N+](=O)[O-])o2)CC1. The van der Waals surface area contributed by atoms with Crippen molar-refractivity contribution in [2.75, 3.05) is 39.4 Å². The Hall–Kier alpha value is -3.11. The van der Waals surface area contributed by atoms with Crippen LogP contribution in [0.2, 0.25) is 0 Å². The number of amides is 2. The van der Waals surface area contributed by atoms with E-state index >= 15 is 0 Å². The number of hydrogen-bond acceptors (Lipinski definition) is 8. The Labute approximate surface area is 142 Å². The quantitative estimate of drug-likeness (QED) is 0.427. The molecule has 2 amide bonds. The Morgan fingerprint density at radius 1 is 1.16 bits per heavy atom. The van der Waals surface area contributed by atoms with Gasteiger partial charge >= 0.3 is 17.9 Å². The summed E-state index contributed by atoms with van der Waals surface area (Å²) in [7, 11) is 0. The highest BCUT2D eigenvalue weighted by atomic mass is 16.7. The molecule has 25 heavy (non-hydrogen) atoms. The van der Waals surface area contributed by atoms with Crippen LogP contribution in [0, 0.1) is 10.1 Å². The van der Waals surface area contributed by atoms with Crippen LogP contribution in [0.25, 0.3) is 0 Å². The van der Waals surface area contributed by atoms with Crippen LogP contribution in [0.15, 0.2) is 16.5 Å². The first-order valence-corrected chi connectivity index (χ1v) is 7.53. The van der Waals surface area contributed by atoms with E-state index in [0.29, 0.717) is 26.2 Å². The summed E-state index contributed by atoms with van der Waals surface area (Å²) >= 11 is 0. The zero-order chi connectivity index (χ0) is 18.4. The second-order valence-electron chi connectivity index (χ2n) is 5.04. The molecule has 0 radical (unpaired) electrons. The van der Waals surface area contributed by atoms with Crippen molar-refractivity contribution in [2.45, 2.75) is 6.92 Å². The van der Waals surface area contributed by atoms with Crippen LogP contribution < -0.4 is 0 Å². The van der Waals surface area contributed by atoms with Gasteiger partial charge in [0, 0.05) is 26.2 Å². The molecule has 2 heterocycles. The number of piperazine rings is 1. The number of rotatable bonds is 5. The summed E-state index contributed by atoms with van der Waals surface area (Å²) in [6.45, 7) is 2.69. The third-order valence-corrected chi connectivity index (χ3v) is 3.46. The molecule has 136 valence electrons. The summed E-state index contributed by atoms with van der Waals surface area (Å²) < 4.78 is 14.4. The van der Waals surface area contributed by atoms with E-state index in [1.54, 1.807) is 6.92 Å². The van der Waals surface area contributed by atoms with Crippen LogP contribution in [0.3, 0.4) is 0 Å². The lowest BCUT2D eigenvalue weighted by atomic mass is 10.3. The lowest BCUT2D eigenvalue weighted by molar-refractivity contribution is -0.402. The number of furan rings is 1. The molecule has 1 aliphatic rings. The number of carbonyl (C=O) groups excluding carboxylic acids is 3. The molecule has 1 aliphatic heterocycles. The van der Waals surface area contributed by atoms with Crippen LogP contribution in [0.4, 0.5) is 10.7 Å². The molecular formula is C14H17N3O8. The molecule has 0 atom stereocenters. The third kappa shape index (κ3) is 4.68. The molecule has 0 unspecified atom stereocenters. The second kappa shape index (κ2) is 8.13. The first kappa shape index (κ1) is 18.2. The van der Waals surface area contributed by atoms with E-state index < -0.39 is 35.4 Å². The van der Waals surface area contributed by atoms with Crippen LogP contribution in [0.1, 0.15) is 17.5 Å². The fourth-order valence-corrected chi connectivity index (χ4v) is 2.18. The maximum Gasteiger partial charge on any atom is 0.433 e. The minimum Gasteiger partial charge on any atom is -0.450 e. The number of hydrogen-bond donors (Lipinski definition) is 0. The number of carbonyl (C=O) groups is 3. The van der Waals surface area contributed by atoms with E-state index in [-0.39, 0.29) is 12.4 Å². The normalized spacial score (nSPS) is 14.1. The summed E-state index contributed by atoms with van der Waals surface area (Å²) in [5.74, 6) is -2.34.